The molecule has 0 aliphatic heterocycles. The van der Waals surface area contributed by atoms with E-state index in [1.165, 1.54) is 30.3 Å². The molecule has 7 N–H and O–H groups in total. The van der Waals surface area contributed by atoms with E-state index in [9.17, 15) is 25.3 Å². The van der Waals surface area contributed by atoms with Gasteiger partial charge in [0, 0.05) is 23.8 Å². The summed E-state index contributed by atoms with van der Waals surface area (Å²) in [7, 11) is -11.7. The van der Waals surface area contributed by atoms with Gasteiger partial charge in [-0.15, -0.1) is 11.6 Å². The van der Waals surface area contributed by atoms with Gasteiger partial charge in [0.15, 0.2) is 9.84 Å². The fourth-order valence-corrected chi connectivity index (χ4v) is 6.59. The number of hydrogen-bond donors (Lipinski definition) is 5. The minimum Gasteiger partial charge on any atom is -0.399 e. The highest BCUT2D eigenvalue weighted by Gasteiger charge is 2.14. The summed E-state index contributed by atoms with van der Waals surface area (Å²) in [6.07, 6.45) is 0. The lowest BCUT2D eigenvalue weighted by Crippen LogP contribution is -2.10. The van der Waals surface area contributed by atoms with Crippen LogP contribution in [0.25, 0.3) is 10.8 Å². The maximum atomic E-state index is 11.8. The summed E-state index contributed by atoms with van der Waals surface area (Å²) in [6.45, 7) is 0.430. The van der Waals surface area contributed by atoms with Crippen LogP contribution < -0.4 is 16.8 Å². The molecule has 0 bridgehead atoms. The Kier molecular flexibility index (Phi) is 10.2. The molecule has 0 spiro atoms. The topological polar surface area (TPSA) is 207 Å². The van der Waals surface area contributed by atoms with Crippen molar-refractivity contribution >= 4 is 69.5 Å². The van der Waals surface area contributed by atoms with E-state index in [-0.39, 0.29) is 32.9 Å². The van der Waals surface area contributed by atoms with Crippen molar-refractivity contribution in [2.24, 2.45) is 0 Å². The third kappa shape index (κ3) is 9.59. The molecule has 4 aromatic carbocycles. The fraction of sp³-hybridized carbons (Fsp3) is 0.154. The molecule has 4 rings (SSSR count). The van der Waals surface area contributed by atoms with Gasteiger partial charge in [-0.2, -0.15) is 16.8 Å². The summed E-state index contributed by atoms with van der Waals surface area (Å²) in [6, 6.07) is 20.7. The second-order valence-corrected chi connectivity index (χ2v) is 14.3. The molecule has 0 atom stereocenters. The van der Waals surface area contributed by atoms with Crippen LogP contribution in [0.3, 0.4) is 0 Å². The second-order valence-electron chi connectivity index (χ2n) is 8.92. The van der Waals surface area contributed by atoms with E-state index in [2.05, 4.69) is 5.32 Å². The molecule has 0 amide bonds. The molecule has 0 saturated carbocycles. The van der Waals surface area contributed by atoms with E-state index in [1.54, 1.807) is 48.5 Å². The van der Waals surface area contributed by atoms with E-state index in [0.29, 0.717) is 23.5 Å². The Labute approximate surface area is 243 Å². The first kappa shape index (κ1) is 32.1. The van der Waals surface area contributed by atoms with E-state index < -0.39 is 30.1 Å². The van der Waals surface area contributed by atoms with Crippen LogP contribution in [0.4, 0.5) is 17.1 Å². The molecule has 11 nitrogen and oxygen atoms in total. The third-order valence-corrected chi connectivity index (χ3v) is 9.51. The first-order chi connectivity index (χ1) is 19.1. The van der Waals surface area contributed by atoms with Gasteiger partial charge < -0.3 is 16.8 Å². The zero-order valence-corrected chi connectivity index (χ0v) is 24.6. The number of fused-ring (bicyclic) bond motifs is 1. The molecule has 15 heteroatoms. The van der Waals surface area contributed by atoms with E-state index in [0.717, 1.165) is 16.3 Å². The van der Waals surface area contributed by atoms with Crippen LogP contribution in [0.15, 0.2) is 88.7 Å². The van der Waals surface area contributed by atoms with Crippen LogP contribution in [0, 0.1) is 0 Å². The second kappa shape index (κ2) is 13.1. The highest BCUT2D eigenvalue weighted by atomic mass is 35.5. The zero-order valence-electron chi connectivity index (χ0n) is 21.4. The number of anilines is 3. The van der Waals surface area contributed by atoms with Crippen LogP contribution >= 0.6 is 11.6 Å². The summed E-state index contributed by atoms with van der Waals surface area (Å²) in [5.41, 5.74) is 13.9. The summed E-state index contributed by atoms with van der Waals surface area (Å²) < 4.78 is 85.4. The Morgan fingerprint density at radius 1 is 0.707 bits per heavy atom. The van der Waals surface area contributed by atoms with Gasteiger partial charge >= 0.3 is 0 Å². The predicted octanol–water partition coefficient (Wildman–Crippen LogP) is 3.95. The van der Waals surface area contributed by atoms with Crippen LogP contribution in [-0.4, -0.2) is 46.0 Å². The molecule has 0 saturated heterocycles. The number of rotatable bonds is 9. The van der Waals surface area contributed by atoms with Crippen LogP contribution in [0.2, 0.25) is 0 Å². The number of alkyl halides is 1. The fourth-order valence-electron chi connectivity index (χ4n) is 3.70. The Morgan fingerprint density at radius 2 is 1.32 bits per heavy atom. The maximum absolute atomic E-state index is 11.8. The van der Waals surface area contributed by atoms with E-state index >= 15 is 0 Å². The number of nitrogens with two attached hydrogens (primary N) is 2. The summed E-state index contributed by atoms with van der Waals surface area (Å²) in [5, 5.41) is 4.63. The number of benzene rings is 4. The maximum Gasteiger partial charge on any atom is 0.296 e. The van der Waals surface area contributed by atoms with Crippen molar-refractivity contribution < 1.29 is 34.4 Å². The van der Waals surface area contributed by atoms with Crippen molar-refractivity contribution in [3.8, 4) is 0 Å². The van der Waals surface area contributed by atoms with Crippen LogP contribution in [0.5, 0.6) is 0 Å². The SMILES string of the molecule is Nc1cc(NCc2ccc(CS(=O)(=O)CCCl)cc2)ccc1S(=O)(=O)O.Nc1ccc2cc(S(=O)(=O)O)ccc2c1. The van der Waals surface area contributed by atoms with Gasteiger partial charge in [-0.25, -0.2) is 8.42 Å². The summed E-state index contributed by atoms with van der Waals surface area (Å²) >= 11 is 5.48. The molecule has 0 aromatic heterocycles. The van der Waals surface area contributed by atoms with Gasteiger partial charge in [-0.05, 0) is 64.4 Å². The average Bonchev–Trinajstić information content (AvgIpc) is 2.87. The standard InChI is InChI=1S/C16H19ClN2O5S2.C10H9NO3S/c17-7-8-25(20,21)11-13-3-1-12(2-4-13)10-19-14-5-6-16(15(18)9-14)26(22,23)24;11-9-3-1-8-6-10(15(12,13)14)4-2-7(8)5-9/h1-6,9,19H,7-8,10-11,18H2,(H,22,23,24);1-6H,11H2,(H,12,13,14). The number of sulfone groups is 1. The highest BCUT2D eigenvalue weighted by molar-refractivity contribution is 7.90. The molecule has 0 aliphatic carbocycles. The number of nitrogen functional groups attached to an aromatic ring is 2. The lowest BCUT2D eigenvalue weighted by molar-refractivity contribution is 0.481. The third-order valence-electron chi connectivity index (χ3n) is 5.72. The van der Waals surface area contributed by atoms with Crippen molar-refractivity contribution in [3.05, 3.63) is 90.0 Å². The zero-order chi connectivity index (χ0) is 30.4. The van der Waals surface area contributed by atoms with E-state index in [4.69, 9.17) is 32.2 Å². The Balaban J connectivity index is 0.000000260. The lowest BCUT2D eigenvalue weighted by Gasteiger charge is -2.10. The van der Waals surface area contributed by atoms with Crippen molar-refractivity contribution in [3.63, 3.8) is 0 Å². The van der Waals surface area contributed by atoms with Gasteiger partial charge in [0.2, 0.25) is 0 Å². The van der Waals surface area contributed by atoms with Gasteiger partial charge in [0.25, 0.3) is 20.2 Å². The minimum absolute atomic E-state index is 0.0545. The molecule has 4 aromatic rings. The average molecular weight is 642 g/mol. The van der Waals surface area contributed by atoms with Crippen molar-refractivity contribution in [2.75, 3.05) is 28.4 Å². The molecule has 220 valence electrons. The van der Waals surface area contributed by atoms with Crippen LogP contribution in [0.1, 0.15) is 11.1 Å². The highest BCUT2D eigenvalue weighted by Crippen LogP contribution is 2.23. The van der Waals surface area contributed by atoms with Gasteiger partial charge in [-0.1, -0.05) is 36.4 Å². The van der Waals surface area contributed by atoms with E-state index in [1.807, 2.05) is 0 Å². The number of nitrogens with one attached hydrogen (secondary N) is 1. The Hall–Kier alpha value is -3.40. The number of hydrogen-bond acceptors (Lipinski definition) is 9. The molecule has 41 heavy (non-hydrogen) atoms. The smallest absolute Gasteiger partial charge is 0.296 e. The van der Waals surface area contributed by atoms with Crippen molar-refractivity contribution in [1.82, 2.24) is 0 Å². The minimum atomic E-state index is -4.35. The molecule has 0 fully saturated rings. The quantitative estimate of drug-likeness (QED) is 0.100. The van der Waals surface area contributed by atoms with Crippen LogP contribution in [-0.2, 0) is 42.4 Å². The summed E-state index contributed by atoms with van der Waals surface area (Å²) in [5.74, 6) is -0.0380. The van der Waals surface area contributed by atoms with Crippen molar-refractivity contribution in [2.45, 2.75) is 22.1 Å². The molecular weight excluding hydrogens is 614 g/mol. The molecule has 0 unspecified atom stereocenters. The lowest BCUT2D eigenvalue weighted by atomic mass is 10.1. The first-order valence-corrected chi connectivity index (χ1v) is 17.0. The van der Waals surface area contributed by atoms with Gasteiger partial charge in [-0.3, -0.25) is 9.11 Å². The first-order valence-electron chi connectivity index (χ1n) is 11.8. The molecule has 0 aliphatic rings. The normalized spacial score (nSPS) is 12.0. The van der Waals surface area contributed by atoms with Gasteiger partial charge in [0.05, 0.1) is 22.1 Å². The molecular formula is C26H28ClN3O8S3. The monoisotopic (exact) mass is 641 g/mol. The molecule has 0 radical (unpaired) electrons. The Bertz CT molecular complexity index is 1860. The van der Waals surface area contributed by atoms with Gasteiger partial charge in [0.1, 0.15) is 4.90 Å². The summed E-state index contributed by atoms with van der Waals surface area (Å²) in [4.78, 5) is -0.453. The predicted molar refractivity (Wildman–Crippen MR) is 161 cm³/mol. The largest absolute Gasteiger partial charge is 0.399 e. The van der Waals surface area contributed by atoms with Crippen molar-refractivity contribution in [1.29, 1.82) is 0 Å². The number of halogens is 1. The molecule has 0 heterocycles. The Morgan fingerprint density at radius 3 is 1.90 bits per heavy atom.